The highest BCUT2D eigenvalue weighted by Crippen LogP contribution is 2.24. The second kappa shape index (κ2) is 7.36. The third-order valence-corrected chi connectivity index (χ3v) is 3.04. The smallest absolute Gasteiger partial charge is 0.223 e. The summed E-state index contributed by atoms with van der Waals surface area (Å²) in [6.07, 6.45) is 5.12. The van der Waals surface area contributed by atoms with Crippen molar-refractivity contribution < 1.29 is 4.74 Å². The summed E-state index contributed by atoms with van der Waals surface area (Å²) < 4.78 is 6.73. The average molecular weight is 336 g/mol. The summed E-state index contributed by atoms with van der Waals surface area (Å²) in [6.45, 7) is 6.04. The van der Waals surface area contributed by atoms with E-state index < -0.39 is 0 Å². The lowest BCUT2D eigenvalue weighted by Gasteiger charge is -2.12. The molecule has 20 heavy (non-hydrogen) atoms. The molecule has 0 amide bonds. The van der Waals surface area contributed by atoms with Gasteiger partial charge in [0.15, 0.2) is 0 Å². The maximum atomic E-state index is 5.79. The van der Waals surface area contributed by atoms with E-state index in [1.807, 2.05) is 18.2 Å². The molecule has 0 aliphatic rings. The molecule has 2 heterocycles. The molecule has 1 N–H and O–H groups in total. The van der Waals surface area contributed by atoms with Gasteiger partial charge >= 0.3 is 0 Å². The van der Waals surface area contributed by atoms with Crippen molar-refractivity contribution in [3.63, 3.8) is 0 Å². The first-order chi connectivity index (χ1) is 9.65. The molecule has 4 nitrogen and oxygen atoms in total. The number of rotatable bonds is 6. The van der Waals surface area contributed by atoms with Crippen molar-refractivity contribution in [3.8, 4) is 11.6 Å². The first kappa shape index (κ1) is 14.9. The van der Waals surface area contributed by atoms with Gasteiger partial charge in [-0.3, -0.25) is 4.98 Å². The molecule has 0 saturated carbocycles. The number of aromatic nitrogens is 2. The molecule has 0 spiro atoms. The fraction of sp³-hybridized carbons (Fsp3) is 0.333. The van der Waals surface area contributed by atoms with E-state index in [1.165, 1.54) is 0 Å². The molecule has 5 heteroatoms. The van der Waals surface area contributed by atoms with Crippen LogP contribution in [0.25, 0.3) is 0 Å². The van der Waals surface area contributed by atoms with Crippen LogP contribution in [0.2, 0.25) is 0 Å². The van der Waals surface area contributed by atoms with Crippen LogP contribution in [0.5, 0.6) is 11.6 Å². The van der Waals surface area contributed by atoms with Crippen molar-refractivity contribution >= 4 is 15.9 Å². The Kier molecular flexibility index (Phi) is 5.49. The number of hydrogen-bond donors (Lipinski definition) is 1. The van der Waals surface area contributed by atoms with Crippen molar-refractivity contribution in [1.82, 2.24) is 15.3 Å². The van der Waals surface area contributed by atoms with Gasteiger partial charge in [0.1, 0.15) is 5.75 Å². The molecular weight excluding hydrogens is 318 g/mol. The number of pyridine rings is 2. The largest absolute Gasteiger partial charge is 0.437 e. The van der Waals surface area contributed by atoms with Crippen molar-refractivity contribution in [1.29, 1.82) is 0 Å². The Balaban J connectivity index is 2.11. The van der Waals surface area contributed by atoms with Crippen LogP contribution in [0.15, 0.2) is 41.3 Å². The second-order valence-electron chi connectivity index (χ2n) is 4.93. The van der Waals surface area contributed by atoms with E-state index in [0.29, 0.717) is 17.5 Å². The fourth-order valence-corrected chi connectivity index (χ4v) is 2.08. The van der Waals surface area contributed by atoms with Crippen molar-refractivity contribution in [3.05, 3.63) is 46.8 Å². The molecule has 106 valence electrons. The Morgan fingerprint density at radius 1 is 1.35 bits per heavy atom. The van der Waals surface area contributed by atoms with Crippen LogP contribution in [-0.2, 0) is 6.54 Å². The average Bonchev–Trinajstić information content (AvgIpc) is 2.42. The molecule has 2 aromatic rings. The van der Waals surface area contributed by atoms with Gasteiger partial charge in [-0.2, -0.15) is 0 Å². The summed E-state index contributed by atoms with van der Waals surface area (Å²) in [4.78, 5) is 8.37. The quantitative estimate of drug-likeness (QED) is 0.872. The van der Waals surface area contributed by atoms with E-state index in [1.54, 1.807) is 18.6 Å². The van der Waals surface area contributed by atoms with Crippen LogP contribution < -0.4 is 10.1 Å². The Hall–Kier alpha value is -1.46. The Morgan fingerprint density at radius 3 is 2.90 bits per heavy atom. The summed E-state index contributed by atoms with van der Waals surface area (Å²) in [5, 5.41) is 3.40. The SMILES string of the molecule is CC(C)CNCc1cc(Br)cnc1Oc1cccnc1. The minimum absolute atomic E-state index is 0.609. The minimum Gasteiger partial charge on any atom is -0.437 e. The molecule has 0 aromatic carbocycles. The van der Waals surface area contributed by atoms with Crippen molar-refractivity contribution in [2.24, 2.45) is 5.92 Å². The lowest BCUT2D eigenvalue weighted by molar-refractivity contribution is 0.448. The van der Waals surface area contributed by atoms with E-state index in [-0.39, 0.29) is 0 Å². The Bertz CT molecular complexity index is 546. The van der Waals surface area contributed by atoms with Gasteiger partial charge in [-0.05, 0) is 46.6 Å². The van der Waals surface area contributed by atoms with Gasteiger partial charge < -0.3 is 10.1 Å². The van der Waals surface area contributed by atoms with E-state index in [0.717, 1.165) is 23.1 Å². The van der Waals surface area contributed by atoms with Gasteiger partial charge in [-0.15, -0.1) is 0 Å². The van der Waals surface area contributed by atoms with Crippen molar-refractivity contribution in [2.75, 3.05) is 6.54 Å². The molecule has 0 atom stereocenters. The summed E-state index contributed by atoms with van der Waals surface area (Å²) in [6, 6.07) is 5.72. The van der Waals surface area contributed by atoms with Gasteiger partial charge in [0.25, 0.3) is 0 Å². The molecule has 2 aromatic heterocycles. The van der Waals surface area contributed by atoms with Gasteiger partial charge in [-0.25, -0.2) is 4.98 Å². The van der Waals surface area contributed by atoms with Gasteiger partial charge in [-0.1, -0.05) is 13.8 Å². The number of halogens is 1. The maximum absolute atomic E-state index is 5.79. The van der Waals surface area contributed by atoms with Gasteiger partial charge in [0.05, 0.1) is 6.20 Å². The normalized spacial score (nSPS) is 10.8. The molecule has 0 aliphatic carbocycles. The van der Waals surface area contributed by atoms with Crippen molar-refractivity contribution in [2.45, 2.75) is 20.4 Å². The molecule has 0 saturated heterocycles. The second-order valence-corrected chi connectivity index (χ2v) is 5.85. The predicted octanol–water partition coefficient (Wildman–Crippen LogP) is 3.78. The standard InChI is InChI=1S/C15H18BrN3O/c1-11(2)7-18-8-12-6-13(16)9-19-15(12)20-14-4-3-5-17-10-14/h3-6,9-11,18H,7-8H2,1-2H3. The highest BCUT2D eigenvalue weighted by Gasteiger charge is 2.08. The van der Waals surface area contributed by atoms with Gasteiger partial charge in [0, 0.05) is 29.0 Å². The highest BCUT2D eigenvalue weighted by atomic mass is 79.9. The fourth-order valence-electron chi connectivity index (χ4n) is 1.70. The monoisotopic (exact) mass is 335 g/mol. The zero-order chi connectivity index (χ0) is 14.4. The zero-order valence-electron chi connectivity index (χ0n) is 11.6. The topological polar surface area (TPSA) is 47.0 Å². The number of nitrogens with zero attached hydrogens (tertiary/aromatic N) is 2. The number of hydrogen-bond acceptors (Lipinski definition) is 4. The van der Waals surface area contributed by atoms with Crippen LogP contribution in [0.3, 0.4) is 0 Å². The Labute approximate surface area is 127 Å². The summed E-state index contributed by atoms with van der Waals surface area (Å²) in [5.74, 6) is 1.91. The molecule has 2 rings (SSSR count). The lowest BCUT2D eigenvalue weighted by atomic mass is 10.2. The Morgan fingerprint density at radius 2 is 2.20 bits per heavy atom. The third-order valence-electron chi connectivity index (χ3n) is 2.61. The predicted molar refractivity (Wildman–Crippen MR) is 82.8 cm³/mol. The summed E-state index contributed by atoms with van der Waals surface area (Å²) >= 11 is 3.44. The number of nitrogens with one attached hydrogen (secondary N) is 1. The highest BCUT2D eigenvalue weighted by molar-refractivity contribution is 9.10. The van der Waals surface area contributed by atoms with Gasteiger partial charge in [0.2, 0.25) is 5.88 Å². The van der Waals surface area contributed by atoms with E-state index in [9.17, 15) is 0 Å². The summed E-state index contributed by atoms with van der Waals surface area (Å²) in [7, 11) is 0. The van der Waals surface area contributed by atoms with Crippen LogP contribution >= 0.6 is 15.9 Å². The molecule has 0 radical (unpaired) electrons. The van der Waals surface area contributed by atoms with E-state index >= 15 is 0 Å². The number of ether oxygens (including phenoxy) is 1. The van der Waals surface area contributed by atoms with Crippen LogP contribution in [-0.4, -0.2) is 16.5 Å². The van der Waals surface area contributed by atoms with Crippen LogP contribution in [0, 0.1) is 5.92 Å². The lowest BCUT2D eigenvalue weighted by Crippen LogP contribution is -2.19. The van der Waals surface area contributed by atoms with E-state index in [2.05, 4.69) is 45.1 Å². The summed E-state index contributed by atoms with van der Waals surface area (Å²) in [5.41, 5.74) is 1.02. The minimum atomic E-state index is 0.609. The third kappa shape index (κ3) is 4.58. The molecular formula is C15H18BrN3O. The first-order valence-electron chi connectivity index (χ1n) is 6.58. The first-order valence-corrected chi connectivity index (χ1v) is 7.37. The molecule has 0 fully saturated rings. The molecule has 0 bridgehead atoms. The van der Waals surface area contributed by atoms with Crippen LogP contribution in [0.1, 0.15) is 19.4 Å². The van der Waals surface area contributed by atoms with Crippen LogP contribution in [0.4, 0.5) is 0 Å². The molecule has 0 unspecified atom stereocenters. The maximum Gasteiger partial charge on any atom is 0.223 e. The zero-order valence-corrected chi connectivity index (χ0v) is 13.2. The molecule has 0 aliphatic heterocycles. The van der Waals surface area contributed by atoms with E-state index in [4.69, 9.17) is 4.74 Å².